The van der Waals surface area contributed by atoms with E-state index in [2.05, 4.69) is 22.2 Å². The van der Waals surface area contributed by atoms with Gasteiger partial charge in [0.25, 0.3) is 5.91 Å². The smallest absolute Gasteiger partial charge is 0.251 e. The largest absolute Gasteiger partial charge is 0.351 e. The maximum absolute atomic E-state index is 12.6. The number of amides is 1. The van der Waals surface area contributed by atoms with Crippen LogP contribution in [0.5, 0.6) is 0 Å². The molecular formula is C22H26N2O5S2. The van der Waals surface area contributed by atoms with E-state index in [1.54, 1.807) is 0 Å². The Kier molecular flexibility index (Phi) is 5.93. The number of hydrogen-bond acceptors (Lipinski definition) is 5. The molecule has 2 aliphatic rings. The summed E-state index contributed by atoms with van der Waals surface area (Å²) >= 11 is 0. The summed E-state index contributed by atoms with van der Waals surface area (Å²) < 4.78 is 50.6. The van der Waals surface area contributed by atoms with E-state index in [0.717, 1.165) is 19.3 Å². The summed E-state index contributed by atoms with van der Waals surface area (Å²) in [6, 6.07) is 15.3. The van der Waals surface area contributed by atoms with Crippen LogP contribution in [0.25, 0.3) is 0 Å². The van der Waals surface area contributed by atoms with Gasteiger partial charge in [0.1, 0.15) is 0 Å². The number of sulfonamides is 1. The molecule has 1 aliphatic carbocycles. The van der Waals surface area contributed by atoms with Gasteiger partial charge < -0.3 is 5.32 Å². The molecular weight excluding hydrogens is 436 g/mol. The summed E-state index contributed by atoms with van der Waals surface area (Å²) in [6.07, 6.45) is 3.45. The van der Waals surface area contributed by atoms with Gasteiger partial charge in [-0.25, -0.2) is 21.6 Å². The summed E-state index contributed by atoms with van der Waals surface area (Å²) in [5.41, 5.74) is 1.57. The first kappa shape index (κ1) is 22.0. The molecule has 0 radical (unpaired) electrons. The highest BCUT2D eigenvalue weighted by Crippen LogP contribution is 2.43. The molecule has 31 heavy (non-hydrogen) atoms. The lowest BCUT2D eigenvalue weighted by Gasteiger charge is -2.42. The van der Waals surface area contributed by atoms with Gasteiger partial charge in [-0.15, -0.1) is 0 Å². The Morgan fingerprint density at radius 1 is 1.03 bits per heavy atom. The molecule has 1 atom stereocenters. The molecule has 7 nitrogen and oxygen atoms in total. The van der Waals surface area contributed by atoms with Gasteiger partial charge in [-0.2, -0.15) is 0 Å². The Balaban J connectivity index is 1.39. The fourth-order valence-corrected chi connectivity index (χ4v) is 7.32. The van der Waals surface area contributed by atoms with Crippen molar-refractivity contribution in [1.82, 2.24) is 10.0 Å². The highest BCUT2D eigenvalue weighted by atomic mass is 32.2. The van der Waals surface area contributed by atoms with Crippen molar-refractivity contribution in [3.8, 4) is 0 Å². The van der Waals surface area contributed by atoms with Gasteiger partial charge in [0, 0.05) is 23.6 Å². The second kappa shape index (κ2) is 8.37. The van der Waals surface area contributed by atoms with Gasteiger partial charge in [0.2, 0.25) is 10.0 Å². The lowest BCUT2D eigenvalue weighted by Crippen LogP contribution is -2.45. The minimum atomic E-state index is -3.85. The van der Waals surface area contributed by atoms with E-state index in [4.69, 9.17) is 0 Å². The summed E-state index contributed by atoms with van der Waals surface area (Å²) in [5, 5.41) is 3.00. The third-order valence-electron chi connectivity index (χ3n) is 6.27. The maximum atomic E-state index is 12.6. The summed E-state index contributed by atoms with van der Waals surface area (Å²) in [4.78, 5) is 12.6. The first-order chi connectivity index (χ1) is 14.7. The molecule has 2 N–H and O–H groups in total. The van der Waals surface area contributed by atoms with E-state index in [9.17, 15) is 21.6 Å². The van der Waals surface area contributed by atoms with Gasteiger partial charge in [-0.3, -0.25) is 4.79 Å². The van der Waals surface area contributed by atoms with Crippen molar-refractivity contribution in [2.24, 2.45) is 0 Å². The van der Waals surface area contributed by atoms with Crippen molar-refractivity contribution in [2.75, 3.05) is 18.1 Å². The third-order valence-corrected chi connectivity index (χ3v) is 9.57. The standard InChI is InChI=1S/C22H26N2O5S2/c25-21(23-16-22(12-4-13-22)18-5-2-1-3-6-18)17-7-9-20(10-8-17)31(28,29)24-19-11-14-30(26,27)15-19/h1-3,5-10,19,24H,4,11-16H2,(H,23,25). The van der Waals surface area contributed by atoms with Crippen LogP contribution < -0.4 is 10.0 Å². The van der Waals surface area contributed by atoms with Gasteiger partial charge >= 0.3 is 0 Å². The quantitative estimate of drug-likeness (QED) is 0.654. The van der Waals surface area contributed by atoms with Crippen LogP contribution in [-0.2, 0) is 25.3 Å². The fourth-order valence-electron chi connectivity index (χ4n) is 4.28. The van der Waals surface area contributed by atoms with Crippen LogP contribution in [-0.4, -0.2) is 46.8 Å². The Morgan fingerprint density at radius 2 is 1.71 bits per heavy atom. The Morgan fingerprint density at radius 3 is 2.26 bits per heavy atom. The van der Waals surface area contributed by atoms with Crippen LogP contribution >= 0.6 is 0 Å². The maximum Gasteiger partial charge on any atom is 0.251 e. The average molecular weight is 463 g/mol. The Hall–Kier alpha value is -2.23. The minimum absolute atomic E-state index is 0.00750. The van der Waals surface area contributed by atoms with E-state index >= 15 is 0 Å². The number of nitrogens with one attached hydrogen (secondary N) is 2. The zero-order valence-corrected chi connectivity index (χ0v) is 18.7. The lowest BCUT2D eigenvalue weighted by atomic mass is 9.64. The number of carbonyl (C=O) groups excluding carboxylic acids is 1. The third kappa shape index (κ3) is 4.83. The van der Waals surface area contributed by atoms with Crippen molar-refractivity contribution in [1.29, 1.82) is 0 Å². The molecule has 2 fully saturated rings. The molecule has 0 bridgehead atoms. The second-order valence-corrected chi connectivity index (χ2v) is 12.4. The Bertz CT molecular complexity index is 1160. The van der Waals surface area contributed by atoms with Crippen molar-refractivity contribution in [3.05, 3.63) is 65.7 Å². The summed E-state index contributed by atoms with van der Waals surface area (Å²) in [7, 11) is -7.03. The van der Waals surface area contributed by atoms with Crippen molar-refractivity contribution in [3.63, 3.8) is 0 Å². The highest BCUT2D eigenvalue weighted by molar-refractivity contribution is 7.92. The van der Waals surface area contributed by atoms with Gasteiger partial charge in [-0.05, 0) is 49.1 Å². The zero-order valence-electron chi connectivity index (χ0n) is 17.1. The zero-order chi connectivity index (χ0) is 22.1. The van der Waals surface area contributed by atoms with Gasteiger partial charge in [0.05, 0.1) is 16.4 Å². The molecule has 1 unspecified atom stereocenters. The average Bonchev–Trinajstić information content (AvgIpc) is 3.05. The topological polar surface area (TPSA) is 109 Å². The number of benzene rings is 2. The number of hydrogen-bond donors (Lipinski definition) is 2. The minimum Gasteiger partial charge on any atom is -0.351 e. The van der Waals surface area contributed by atoms with Crippen LogP contribution in [0.2, 0.25) is 0 Å². The Labute approximate surface area is 183 Å². The molecule has 1 amide bonds. The lowest BCUT2D eigenvalue weighted by molar-refractivity contribution is 0.0927. The van der Waals surface area contributed by atoms with Crippen LogP contribution in [0, 0.1) is 0 Å². The molecule has 166 valence electrons. The van der Waals surface area contributed by atoms with Crippen molar-refractivity contribution < 1.29 is 21.6 Å². The summed E-state index contributed by atoms with van der Waals surface area (Å²) in [5.74, 6) is -0.444. The highest BCUT2D eigenvalue weighted by Gasteiger charge is 2.38. The summed E-state index contributed by atoms with van der Waals surface area (Å²) in [6.45, 7) is 0.535. The normalized spacial score (nSPS) is 21.9. The van der Waals surface area contributed by atoms with E-state index in [0.29, 0.717) is 12.1 Å². The molecule has 1 saturated carbocycles. The molecule has 4 rings (SSSR count). The number of sulfone groups is 1. The van der Waals surface area contributed by atoms with Crippen LogP contribution in [0.4, 0.5) is 0 Å². The predicted octanol–water partition coefficient (Wildman–Crippen LogP) is 2.00. The number of rotatable bonds is 7. The second-order valence-electron chi connectivity index (χ2n) is 8.43. The monoisotopic (exact) mass is 462 g/mol. The SMILES string of the molecule is O=C(NCC1(c2ccccc2)CCC1)c1ccc(S(=O)(=O)NC2CCS(=O)(=O)C2)cc1. The van der Waals surface area contributed by atoms with Crippen molar-refractivity contribution in [2.45, 2.75) is 42.0 Å². The molecule has 9 heteroatoms. The van der Waals surface area contributed by atoms with E-state index in [-0.39, 0.29) is 34.1 Å². The van der Waals surface area contributed by atoms with Crippen LogP contribution in [0.15, 0.2) is 59.5 Å². The van der Waals surface area contributed by atoms with E-state index in [1.807, 2.05) is 18.2 Å². The molecule has 0 spiro atoms. The molecule has 1 saturated heterocycles. The van der Waals surface area contributed by atoms with Crippen LogP contribution in [0.1, 0.15) is 41.6 Å². The molecule has 2 aromatic rings. The fraction of sp³-hybridized carbons (Fsp3) is 0.409. The van der Waals surface area contributed by atoms with Gasteiger partial charge in [-0.1, -0.05) is 36.8 Å². The molecule has 1 aliphatic heterocycles. The van der Waals surface area contributed by atoms with Gasteiger partial charge in [0.15, 0.2) is 9.84 Å². The molecule has 2 aromatic carbocycles. The first-order valence-corrected chi connectivity index (χ1v) is 13.7. The number of carbonyl (C=O) groups is 1. The first-order valence-electron chi connectivity index (χ1n) is 10.4. The molecule has 0 aromatic heterocycles. The van der Waals surface area contributed by atoms with E-state index in [1.165, 1.54) is 29.8 Å². The van der Waals surface area contributed by atoms with E-state index < -0.39 is 25.9 Å². The van der Waals surface area contributed by atoms with Crippen LogP contribution in [0.3, 0.4) is 0 Å². The molecule has 1 heterocycles. The predicted molar refractivity (Wildman–Crippen MR) is 118 cm³/mol. The van der Waals surface area contributed by atoms with Crippen molar-refractivity contribution >= 4 is 25.8 Å².